The van der Waals surface area contributed by atoms with Gasteiger partial charge >= 0.3 is 0 Å². The molecule has 0 spiro atoms. The summed E-state index contributed by atoms with van der Waals surface area (Å²) >= 11 is 0. The molecular formula is C21H26N2O2. The van der Waals surface area contributed by atoms with E-state index in [0.29, 0.717) is 25.6 Å². The molecule has 1 aliphatic rings. The normalized spacial score (nSPS) is 19.8. The summed E-state index contributed by atoms with van der Waals surface area (Å²) < 4.78 is 5.61. The van der Waals surface area contributed by atoms with Crippen LogP contribution in [0, 0.1) is 19.8 Å². The molecule has 0 bridgehead atoms. The Kier molecular flexibility index (Phi) is 5.82. The number of hydrogen-bond donors (Lipinski definition) is 1. The highest BCUT2D eigenvalue weighted by Gasteiger charge is 2.29. The van der Waals surface area contributed by atoms with Crippen LogP contribution >= 0.6 is 0 Å². The maximum atomic E-state index is 12.4. The quantitative estimate of drug-likeness (QED) is 0.881. The standard InChI is InChI=1S/C21H26N2O2/c1-15-9-16(2)11-18(10-15)3-4-21(24)23-20-14-25-13-19(20)12-17-5-7-22-8-6-17/h5-11,19-20H,3-4,12-14H2,1-2H3,(H,23,24). The number of carbonyl (C=O) groups excluding carboxylic acids is 1. The first-order chi connectivity index (χ1) is 12.1. The van der Waals surface area contributed by atoms with Crippen molar-refractivity contribution >= 4 is 5.91 Å². The van der Waals surface area contributed by atoms with Crippen LogP contribution in [-0.4, -0.2) is 30.1 Å². The maximum Gasteiger partial charge on any atom is 0.220 e. The van der Waals surface area contributed by atoms with Gasteiger partial charge < -0.3 is 10.1 Å². The molecule has 1 saturated heterocycles. The molecule has 0 aliphatic carbocycles. The number of nitrogens with one attached hydrogen (secondary N) is 1. The van der Waals surface area contributed by atoms with Crippen LogP contribution in [0.3, 0.4) is 0 Å². The van der Waals surface area contributed by atoms with E-state index in [4.69, 9.17) is 4.74 Å². The first-order valence-electron chi connectivity index (χ1n) is 8.93. The summed E-state index contributed by atoms with van der Waals surface area (Å²) in [6.45, 7) is 5.49. The molecule has 2 aromatic rings. The van der Waals surface area contributed by atoms with Crippen molar-refractivity contribution in [3.05, 3.63) is 65.0 Å². The molecule has 1 aliphatic heterocycles. The Morgan fingerprint density at radius 3 is 2.56 bits per heavy atom. The molecule has 1 aromatic carbocycles. The molecule has 132 valence electrons. The summed E-state index contributed by atoms with van der Waals surface area (Å²) in [5.41, 5.74) is 4.96. The second-order valence-corrected chi connectivity index (χ2v) is 7.03. The number of hydrogen-bond acceptors (Lipinski definition) is 3. The molecule has 0 radical (unpaired) electrons. The zero-order chi connectivity index (χ0) is 17.6. The van der Waals surface area contributed by atoms with Crippen LogP contribution < -0.4 is 5.32 Å². The molecule has 1 aromatic heterocycles. The fraction of sp³-hybridized carbons (Fsp3) is 0.429. The van der Waals surface area contributed by atoms with Gasteiger partial charge in [-0.2, -0.15) is 0 Å². The highest BCUT2D eigenvalue weighted by Crippen LogP contribution is 2.19. The minimum absolute atomic E-state index is 0.0971. The van der Waals surface area contributed by atoms with Crippen LogP contribution in [0.5, 0.6) is 0 Å². The van der Waals surface area contributed by atoms with Gasteiger partial charge in [0.15, 0.2) is 0 Å². The van der Waals surface area contributed by atoms with Crippen LogP contribution in [0.15, 0.2) is 42.7 Å². The van der Waals surface area contributed by atoms with Crippen LogP contribution in [0.25, 0.3) is 0 Å². The van der Waals surface area contributed by atoms with Crippen LogP contribution in [0.2, 0.25) is 0 Å². The van der Waals surface area contributed by atoms with Gasteiger partial charge in [0.1, 0.15) is 0 Å². The monoisotopic (exact) mass is 338 g/mol. The highest BCUT2D eigenvalue weighted by atomic mass is 16.5. The third-order valence-electron chi connectivity index (χ3n) is 4.71. The van der Waals surface area contributed by atoms with Gasteiger partial charge in [-0.05, 0) is 49.9 Å². The van der Waals surface area contributed by atoms with E-state index in [2.05, 4.69) is 42.3 Å². The summed E-state index contributed by atoms with van der Waals surface area (Å²) in [5.74, 6) is 0.432. The molecule has 4 heteroatoms. The predicted octanol–water partition coefficient (Wildman–Crippen LogP) is 3.00. The number of ether oxygens (including phenoxy) is 1. The van der Waals surface area contributed by atoms with Crippen molar-refractivity contribution in [3.63, 3.8) is 0 Å². The van der Waals surface area contributed by atoms with Crippen molar-refractivity contribution in [1.29, 1.82) is 0 Å². The lowest BCUT2D eigenvalue weighted by atomic mass is 9.95. The lowest BCUT2D eigenvalue weighted by molar-refractivity contribution is -0.122. The first kappa shape index (κ1) is 17.6. The average Bonchev–Trinajstić information content (AvgIpc) is 3.00. The molecule has 2 heterocycles. The largest absolute Gasteiger partial charge is 0.379 e. The van der Waals surface area contributed by atoms with E-state index in [1.54, 1.807) is 0 Å². The number of amides is 1. The predicted molar refractivity (Wildman–Crippen MR) is 98.4 cm³/mol. The molecule has 3 rings (SSSR count). The summed E-state index contributed by atoms with van der Waals surface area (Å²) in [6.07, 6.45) is 5.81. The SMILES string of the molecule is Cc1cc(C)cc(CCC(=O)NC2COCC2Cc2ccncc2)c1. The minimum atomic E-state index is 0.0971. The lowest BCUT2D eigenvalue weighted by Gasteiger charge is -2.19. The molecule has 1 N–H and O–H groups in total. The van der Waals surface area contributed by atoms with Crippen molar-refractivity contribution in [2.24, 2.45) is 5.92 Å². The van der Waals surface area contributed by atoms with Gasteiger partial charge in [0, 0.05) is 24.7 Å². The topological polar surface area (TPSA) is 51.2 Å². The number of rotatable bonds is 6. The van der Waals surface area contributed by atoms with Gasteiger partial charge in [0.25, 0.3) is 0 Å². The molecule has 2 unspecified atom stereocenters. The van der Waals surface area contributed by atoms with Crippen LogP contribution in [-0.2, 0) is 22.4 Å². The van der Waals surface area contributed by atoms with E-state index >= 15 is 0 Å². The van der Waals surface area contributed by atoms with Crippen LogP contribution in [0.1, 0.15) is 28.7 Å². The van der Waals surface area contributed by atoms with Gasteiger partial charge in [0.05, 0.1) is 19.3 Å². The van der Waals surface area contributed by atoms with Gasteiger partial charge in [-0.3, -0.25) is 9.78 Å². The lowest BCUT2D eigenvalue weighted by Crippen LogP contribution is -2.40. The number of aryl methyl sites for hydroxylation is 3. The third kappa shape index (κ3) is 5.13. The summed E-state index contributed by atoms with van der Waals surface area (Å²) in [7, 11) is 0. The molecule has 2 atom stereocenters. The Balaban J connectivity index is 1.51. The Labute approximate surface area is 149 Å². The van der Waals surface area contributed by atoms with Gasteiger partial charge in [-0.25, -0.2) is 0 Å². The van der Waals surface area contributed by atoms with Crippen molar-refractivity contribution in [2.45, 2.75) is 39.2 Å². The Bertz CT molecular complexity index is 695. The van der Waals surface area contributed by atoms with E-state index in [0.717, 1.165) is 12.8 Å². The van der Waals surface area contributed by atoms with Crippen molar-refractivity contribution in [3.8, 4) is 0 Å². The molecule has 1 amide bonds. The second-order valence-electron chi connectivity index (χ2n) is 7.03. The van der Waals surface area contributed by atoms with Gasteiger partial charge in [-0.1, -0.05) is 29.3 Å². The second kappa shape index (κ2) is 8.26. The Morgan fingerprint density at radius 1 is 1.12 bits per heavy atom. The summed E-state index contributed by atoms with van der Waals surface area (Å²) in [6, 6.07) is 10.6. The van der Waals surface area contributed by atoms with Gasteiger partial charge in [0.2, 0.25) is 5.91 Å². The first-order valence-corrected chi connectivity index (χ1v) is 8.93. The number of carbonyl (C=O) groups is 1. The summed E-state index contributed by atoms with van der Waals surface area (Å²) in [5, 5.41) is 3.17. The fourth-order valence-electron chi connectivity index (χ4n) is 3.53. The number of nitrogens with zero attached hydrogens (tertiary/aromatic N) is 1. The molecule has 0 saturated carbocycles. The smallest absolute Gasteiger partial charge is 0.220 e. The highest BCUT2D eigenvalue weighted by molar-refractivity contribution is 5.76. The number of aromatic nitrogens is 1. The number of benzene rings is 1. The van der Waals surface area contributed by atoms with Crippen molar-refractivity contribution in [1.82, 2.24) is 10.3 Å². The van der Waals surface area contributed by atoms with E-state index in [1.165, 1.54) is 22.3 Å². The average molecular weight is 338 g/mol. The fourth-order valence-corrected chi connectivity index (χ4v) is 3.53. The van der Waals surface area contributed by atoms with E-state index in [1.807, 2.05) is 24.5 Å². The van der Waals surface area contributed by atoms with Crippen LogP contribution in [0.4, 0.5) is 0 Å². The molecule has 25 heavy (non-hydrogen) atoms. The zero-order valence-electron chi connectivity index (χ0n) is 15.0. The van der Waals surface area contributed by atoms with Gasteiger partial charge in [-0.15, -0.1) is 0 Å². The molecule has 4 nitrogen and oxygen atoms in total. The molecule has 1 fully saturated rings. The van der Waals surface area contributed by atoms with E-state index in [9.17, 15) is 4.79 Å². The van der Waals surface area contributed by atoms with E-state index in [-0.39, 0.29) is 11.9 Å². The third-order valence-corrected chi connectivity index (χ3v) is 4.71. The number of pyridine rings is 1. The van der Waals surface area contributed by atoms with Crippen molar-refractivity contribution in [2.75, 3.05) is 13.2 Å². The van der Waals surface area contributed by atoms with Crippen molar-refractivity contribution < 1.29 is 9.53 Å². The summed E-state index contributed by atoms with van der Waals surface area (Å²) in [4.78, 5) is 16.4. The molecular weight excluding hydrogens is 312 g/mol. The Morgan fingerprint density at radius 2 is 1.84 bits per heavy atom. The minimum Gasteiger partial charge on any atom is -0.379 e. The Hall–Kier alpha value is -2.20. The zero-order valence-corrected chi connectivity index (χ0v) is 15.0. The van der Waals surface area contributed by atoms with E-state index < -0.39 is 0 Å². The maximum absolute atomic E-state index is 12.4.